The van der Waals surface area contributed by atoms with Gasteiger partial charge >= 0.3 is 6.03 Å². The summed E-state index contributed by atoms with van der Waals surface area (Å²) in [5, 5.41) is 14.2. The first kappa shape index (κ1) is 42.3. The van der Waals surface area contributed by atoms with Gasteiger partial charge in [-0.05, 0) is 117 Å². The molecule has 4 aromatic rings. The summed E-state index contributed by atoms with van der Waals surface area (Å²) in [6.45, 7) is 8.02. The number of rotatable bonds is 11. The van der Waals surface area contributed by atoms with Crippen LogP contribution in [0.4, 0.5) is 33.6 Å². The summed E-state index contributed by atoms with van der Waals surface area (Å²) < 4.78 is 0. The number of carbonyl (C=O) groups is 5. The molecule has 2 atom stereocenters. The maximum Gasteiger partial charge on any atom is 0.324 e. The molecular weight excluding hydrogens is 825 g/mol. The Kier molecular flexibility index (Phi) is 11.8. The number of amides is 6. The monoisotopic (exact) mass is 880 g/mol. The first-order valence-electron chi connectivity index (χ1n) is 23.2. The minimum absolute atomic E-state index is 0.000168. The minimum Gasteiger partial charge on any atom is -0.371 e. The van der Waals surface area contributed by atoms with Crippen molar-refractivity contribution in [2.24, 2.45) is 11.7 Å². The quantitative estimate of drug-likeness (QED) is 0.179. The highest BCUT2D eigenvalue weighted by molar-refractivity contribution is 6.05. The molecule has 5 saturated heterocycles. The summed E-state index contributed by atoms with van der Waals surface area (Å²) in [5.41, 5.74) is 11.3. The van der Waals surface area contributed by atoms with Crippen LogP contribution in [0.25, 0.3) is 0 Å². The van der Waals surface area contributed by atoms with Gasteiger partial charge in [-0.25, -0.2) is 4.79 Å². The number of hydrogen-bond donors (Lipinski definition) is 3. The smallest absolute Gasteiger partial charge is 0.324 e. The molecule has 0 aliphatic carbocycles. The number of hydrogen-bond acceptors (Lipinski definition) is 12. The summed E-state index contributed by atoms with van der Waals surface area (Å²) in [6, 6.07) is 23.6. The van der Waals surface area contributed by atoms with Crippen LogP contribution in [0.1, 0.15) is 89.3 Å². The molecular formula is C48H56N12O5. The molecule has 338 valence electrons. The lowest BCUT2D eigenvalue weighted by molar-refractivity contribution is -0.136. The number of aromatic nitrogens is 3. The molecule has 5 fully saturated rings. The molecule has 1 aromatic heterocycles. The van der Waals surface area contributed by atoms with Crippen molar-refractivity contribution in [1.29, 1.82) is 0 Å². The first-order chi connectivity index (χ1) is 31.6. The largest absolute Gasteiger partial charge is 0.371 e. The van der Waals surface area contributed by atoms with Crippen LogP contribution in [0.2, 0.25) is 0 Å². The number of urea groups is 1. The van der Waals surface area contributed by atoms with Gasteiger partial charge in [0.15, 0.2) is 11.5 Å². The van der Waals surface area contributed by atoms with Gasteiger partial charge in [0, 0.05) is 81.4 Å². The van der Waals surface area contributed by atoms with E-state index in [1.807, 2.05) is 69.3 Å². The number of piperidine rings is 4. The van der Waals surface area contributed by atoms with Gasteiger partial charge in [-0.3, -0.25) is 29.4 Å². The third-order valence-corrected chi connectivity index (χ3v) is 14.4. The lowest BCUT2D eigenvalue weighted by Gasteiger charge is -2.38. The molecule has 6 aliphatic heterocycles. The number of primary amides is 1. The summed E-state index contributed by atoms with van der Waals surface area (Å²) in [5.74, 6) is 0.204. The van der Waals surface area contributed by atoms with Crippen molar-refractivity contribution < 1.29 is 24.0 Å². The van der Waals surface area contributed by atoms with E-state index < -0.39 is 11.9 Å². The average molecular weight is 881 g/mol. The zero-order chi connectivity index (χ0) is 44.6. The number of nitrogens with one attached hydrogen (secondary N) is 2. The Morgan fingerprint density at radius 3 is 2.31 bits per heavy atom. The lowest BCUT2D eigenvalue weighted by Crippen LogP contribution is -2.52. The normalized spacial score (nSPS) is 22.4. The molecule has 6 amide bonds. The van der Waals surface area contributed by atoms with Crippen molar-refractivity contribution in [3.63, 3.8) is 0 Å². The molecule has 3 aromatic carbocycles. The topological polar surface area (TPSA) is 194 Å². The van der Waals surface area contributed by atoms with Crippen LogP contribution in [0, 0.1) is 5.92 Å². The number of benzene rings is 3. The second-order valence-corrected chi connectivity index (χ2v) is 18.4. The van der Waals surface area contributed by atoms with E-state index in [-0.39, 0.29) is 47.7 Å². The summed E-state index contributed by atoms with van der Waals surface area (Å²) in [6.07, 6.45) is 6.71. The van der Waals surface area contributed by atoms with Gasteiger partial charge in [-0.2, -0.15) is 4.98 Å². The third kappa shape index (κ3) is 8.80. The zero-order valence-corrected chi connectivity index (χ0v) is 36.6. The van der Waals surface area contributed by atoms with Crippen molar-refractivity contribution in [1.82, 2.24) is 35.2 Å². The fourth-order valence-corrected chi connectivity index (χ4v) is 10.7. The summed E-state index contributed by atoms with van der Waals surface area (Å²) in [7, 11) is 0. The standard InChI is InChI=1S/C48H56N12O5/c49-43(62)42-44(52-47(54-53-42)57-20-4-7-38(30-57)59-26-25-58(48(59)65)36-5-2-1-3-6-36)50-35-11-8-32(9-12-35)33-18-21-55(22-19-33)28-31-16-23-56(24-17-31)37-13-10-34-29-60(46(64)39(34)27-37)40-14-15-41(61)51-45(40)63/h1-3,5-6,8-13,27,31,33,38,40H,4,7,14-26,28-30H2,(H2,49,62)(H,50,52,54)(H,51,61,63). The molecule has 6 aliphatic rings. The zero-order valence-electron chi connectivity index (χ0n) is 36.6. The van der Waals surface area contributed by atoms with Gasteiger partial charge in [-0.15, -0.1) is 10.2 Å². The Balaban J connectivity index is 0.698. The number of imide groups is 1. The second kappa shape index (κ2) is 18.1. The predicted molar refractivity (Wildman–Crippen MR) is 245 cm³/mol. The van der Waals surface area contributed by atoms with Gasteiger partial charge < -0.3 is 35.6 Å². The van der Waals surface area contributed by atoms with Crippen LogP contribution in [0.15, 0.2) is 72.8 Å². The molecule has 0 spiro atoms. The first-order valence-corrected chi connectivity index (χ1v) is 23.2. The molecule has 65 heavy (non-hydrogen) atoms. The Labute approximate surface area is 378 Å². The maximum atomic E-state index is 13.5. The Bertz CT molecular complexity index is 2450. The number of para-hydroxylation sites is 1. The average Bonchev–Trinajstić information content (AvgIpc) is 3.88. The SMILES string of the molecule is NC(=O)c1nnc(N2CCCC(N3CCN(c4ccccc4)C3=O)C2)nc1Nc1ccc(C2CCN(CC3CCN(c4ccc5c(c4)C(=O)N(C4CCC(=O)NC4=O)C5)CC3)CC2)cc1. The molecule has 7 heterocycles. The van der Waals surface area contributed by atoms with E-state index >= 15 is 0 Å². The number of likely N-dealkylation sites (tertiary alicyclic amines) is 1. The van der Waals surface area contributed by atoms with Crippen LogP contribution < -0.4 is 31.1 Å². The molecule has 2 unspecified atom stereocenters. The molecule has 10 rings (SSSR count). The van der Waals surface area contributed by atoms with E-state index in [2.05, 4.69) is 48.8 Å². The van der Waals surface area contributed by atoms with E-state index in [0.29, 0.717) is 62.5 Å². The number of fused-ring (bicyclic) bond motifs is 1. The highest BCUT2D eigenvalue weighted by Gasteiger charge is 2.40. The number of carbonyl (C=O) groups excluding carboxylic acids is 5. The van der Waals surface area contributed by atoms with Crippen molar-refractivity contribution in [3.05, 3.63) is 95.2 Å². The number of nitrogens with zero attached hydrogens (tertiary/aromatic N) is 9. The Hall–Kier alpha value is -6.62. The molecule has 0 bridgehead atoms. The molecule has 17 heteroatoms. The minimum atomic E-state index is -0.716. The van der Waals surface area contributed by atoms with E-state index in [9.17, 15) is 24.0 Å². The van der Waals surface area contributed by atoms with E-state index in [1.165, 1.54) is 5.56 Å². The van der Waals surface area contributed by atoms with Crippen LogP contribution in [-0.4, -0.2) is 131 Å². The highest BCUT2D eigenvalue weighted by Crippen LogP contribution is 2.35. The highest BCUT2D eigenvalue weighted by atomic mass is 16.2. The summed E-state index contributed by atoms with van der Waals surface area (Å²) in [4.78, 5) is 80.6. The molecule has 4 N–H and O–H groups in total. The van der Waals surface area contributed by atoms with Crippen LogP contribution in [-0.2, 0) is 16.1 Å². The van der Waals surface area contributed by atoms with Gasteiger partial charge in [0.25, 0.3) is 11.8 Å². The summed E-state index contributed by atoms with van der Waals surface area (Å²) >= 11 is 0. The molecule has 0 saturated carbocycles. The van der Waals surface area contributed by atoms with Gasteiger partial charge in [0.1, 0.15) is 6.04 Å². The second-order valence-electron chi connectivity index (χ2n) is 18.4. The third-order valence-electron chi connectivity index (χ3n) is 14.4. The van der Waals surface area contributed by atoms with E-state index in [1.54, 1.807) is 4.90 Å². The van der Waals surface area contributed by atoms with Crippen LogP contribution in [0.5, 0.6) is 0 Å². The Morgan fingerprint density at radius 1 is 0.769 bits per heavy atom. The van der Waals surface area contributed by atoms with Gasteiger partial charge in [0.05, 0.1) is 6.04 Å². The van der Waals surface area contributed by atoms with Crippen molar-refractivity contribution in [2.75, 3.05) is 78.9 Å². The van der Waals surface area contributed by atoms with Crippen LogP contribution >= 0.6 is 0 Å². The van der Waals surface area contributed by atoms with E-state index in [4.69, 9.17) is 10.7 Å². The van der Waals surface area contributed by atoms with Crippen molar-refractivity contribution in [3.8, 4) is 0 Å². The maximum absolute atomic E-state index is 13.5. The van der Waals surface area contributed by atoms with Crippen LogP contribution in [0.3, 0.4) is 0 Å². The van der Waals surface area contributed by atoms with E-state index in [0.717, 1.165) is 93.9 Å². The fourth-order valence-electron chi connectivity index (χ4n) is 10.7. The molecule has 17 nitrogen and oxygen atoms in total. The fraction of sp³-hybridized carbons (Fsp3) is 0.458. The van der Waals surface area contributed by atoms with Gasteiger partial charge in [-0.1, -0.05) is 36.4 Å². The Morgan fingerprint density at radius 2 is 1.55 bits per heavy atom. The lowest BCUT2D eigenvalue weighted by atomic mass is 9.88. The number of anilines is 5. The molecule has 0 radical (unpaired) electrons. The number of nitrogens with two attached hydrogens (primary N) is 1. The van der Waals surface area contributed by atoms with Crippen molar-refractivity contribution in [2.45, 2.75) is 75.9 Å². The van der Waals surface area contributed by atoms with Gasteiger partial charge in [0.2, 0.25) is 17.8 Å². The van der Waals surface area contributed by atoms with Crippen molar-refractivity contribution >= 4 is 58.5 Å². The predicted octanol–water partition coefficient (Wildman–Crippen LogP) is 4.48.